The monoisotopic (exact) mass is 377 g/mol. The molecule has 0 aromatic heterocycles. The molecule has 4 atom stereocenters. The Hall–Kier alpha value is -1.96. The van der Waals surface area contributed by atoms with Crippen molar-refractivity contribution < 1.29 is 4.74 Å². The van der Waals surface area contributed by atoms with Gasteiger partial charge < -0.3 is 10.5 Å². The lowest BCUT2D eigenvalue weighted by Gasteiger charge is -2.31. The van der Waals surface area contributed by atoms with E-state index in [1.165, 1.54) is 36.0 Å². The maximum absolute atomic E-state index is 6.97. The third-order valence-electron chi connectivity index (χ3n) is 7.04. The van der Waals surface area contributed by atoms with Gasteiger partial charge in [0, 0.05) is 23.3 Å². The fourth-order valence-electron chi connectivity index (χ4n) is 4.87. The zero-order valence-electron chi connectivity index (χ0n) is 17.7. The highest BCUT2D eigenvalue weighted by molar-refractivity contribution is 5.54. The van der Waals surface area contributed by atoms with E-state index in [2.05, 4.69) is 63.3 Å². The van der Waals surface area contributed by atoms with Crippen molar-refractivity contribution in [1.29, 1.82) is 0 Å². The van der Waals surface area contributed by atoms with Gasteiger partial charge in [0.2, 0.25) is 0 Å². The molecule has 0 aromatic carbocycles. The summed E-state index contributed by atoms with van der Waals surface area (Å²) in [6, 6.07) is 0. The van der Waals surface area contributed by atoms with Gasteiger partial charge in [-0.05, 0) is 55.4 Å². The van der Waals surface area contributed by atoms with Gasteiger partial charge in [-0.1, -0.05) is 63.3 Å². The number of hydrogen-bond acceptors (Lipinski definition) is 2. The van der Waals surface area contributed by atoms with Crippen LogP contribution in [0.25, 0.3) is 0 Å². The topological polar surface area (TPSA) is 35.2 Å². The van der Waals surface area contributed by atoms with Gasteiger partial charge in [0.05, 0.1) is 5.92 Å². The molecule has 2 N–H and O–H groups in total. The quantitative estimate of drug-likeness (QED) is 0.566. The van der Waals surface area contributed by atoms with Crippen LogP contribution in [0.1, 0.15) is 59.3 Å². The largest absolute Gasteiger partial charge is 0.488 e. The van der Waals surface area contributed by atoms with Crippen molar-refractivity contribution >= 4 is 0 Å². The Labute approximate surface area is 170 Å². The molecule has 0 saturated heterocycles. The number of hydrogen-bond donors (Lipinski definition) is 1. The van der Waals surface area contributed by atoms with Crippen molar-refractivity contribution in [1.82, 2.24) is 0 Å². The molecular formula is C26H35NO. The maximum atomic E-state index is 6.97. The Morgan fingerprint density at radius 2 is 2.04 bits per heavy atom. The average molecular weight is 378 g/mol. The van der Waals surface area contributed by atoms with E-state index in [9.17, 15) is 0 Å². The van der Waals surface area contributed by atoms with Crippen molar-refractivity contribution in [2.24, 2.45) is 29.4 Å². The molecule has 2 nitrogen and oxygen atoms in total. The summed E-state index contributed by atoms with van der Waals surface area (Å²) in [5.74, 6) is 3.08. The zero-order valence-corrected chi connectivity index (χ0v) is 17.7. The minimum absolute atomic E-state index is 0.0506. The smallest absolute Gasteiger partial charge is 0.136 e. The Balaban J connectivity index is 1.66. The predicted molar refractivity (Wildman–Crippen MR) is 117 cm³/mol. The van der Waals surface area contributed by atoms with E-state index in [0.717, 1.165) is 30.7 Å². The molecule has 0 spiro atoms. The van der Waals surface area contributed by atoms with E-state index in [-0.39, 0.29) is 12.0 Å². The molecule has 0 saturated carbocycles. The van der Waals surface area contributed by atoms with Crippen molar-refractivity contribution in [2.45, 2.75) is 65.4 Å². The summed E-state index contributed by atoms with van der Waals surface area (Å²) in [4.78, 5) is 0. The van der Waals surface area contributed by atoms with Gasteiger partial charge in [-0.25, -0.2) is 0 Å². The molecule has 0 fully saturated rings. The predicted octanol–water partition coefficient (Wildman–Crippen LogP) is 6.35. The first-order valence-corrected chi connectivity index (χ1v) is 11.2. The van der Waals surface area contributed by atoms with E-state index in [1.807, 2.05) is 0 Å². The number of fused-ring (bicyclic) bond motifs is 2. The first kappa shape index (κ1) is 19.4. The molecule has 4 aliphatic rings. The Kier molecular flexibility index (Phi) is 5.66. The van der Waals surface area contributed by atoms with Crippen LogP contribution in [0.15, 0.2) is 70.7 Å². The molecule has 1 aliphatic heterocycles. The summed E-state index contributed by atoms with van der Waals surface area (Å²) >= 11 is 0. The van der Waals surface area contributed by atoms with E-state index >= 15 is 0 Å². The number of allylic oxidation sites excluding steroid dienone is 8. The van der Waals surface area contributed by atoms with Crippen LogP contribution in [0.4, 0.5) is 0 Å². The van der Waals surface area contributed by atoms with Crippen LogP contribution < -0.4 is 5.73 Å². The van der Waals surface area contributed by atoms with Crippen LogP contribution in [0, 0.1) is 23.7 Å². The van der Waals surface area contributed by atoms with Crippen LogP contribution in [0.3, 0.4) is 0 Å². The molecule has 2 heteroatoms. The molecule has 4 unspecified atom stereocenters. The summed E-state index contributed by atoms with van der Waals surface area (Å²) in [6.07, 6.45) is 22.8. The summed E-state index contributed by atoms with van der Waals surface area (Å²) in [7, 11) is 0. The SMILES string of the molecule is CC(C)C(C)C/C(=C(\N)C1C=CC=C2C3=C(CCC=C3)OC21)C1C=CCCC1. The highest BCUT2D eigenvalue weighted by atomic mass is 16.5. The second-order valence-electron chi connectivity index (χ2n) is 9.22. The van der Waals surface area contributed by atoms with Gasteiger partial charge in [-0.2, -0.15) is 0 Å². The average Bonchev–Trinajstić information content (AvgIpc) is 3.10. The van der Waals surface area contributed by atoms with Gasteiger partial charge in [0.1, 0.15) is 11.9 Å². The van der Waals surface area contributed by atoms with E-state index in [0.29, 0.717) is 17.8 Å². The summed E-state index contributed by atoms with van der Waals surface area (Å²) in [5.41, 5.74) is 12.1. The Morgan fingerprint density at radius 1 is 1.18 bits per heavy atom. The second kappa shape index (κ2) is 8.19. The zero-order chi connectivity index (χ0) is 19.7. The third-order valence-corrected chi connectivity index (χ3v) is 7.04. The Bertz CT molecular complexity index is 789. The molecule has 0 amide bonds. The summed E-state index contributed by atoms with van der Waals surface area (Å²) < 4.78 is 6.47. The molecule has 28 heavy (non-hydrogen) atoms. The number of ether oxygens (including phenoxy) is 1. The molecule has 3 aliphatic carbocycles. The molecule has 1 heterocycles. The first-order chi connectivity index (χ1) is 13.6. The van der Waals surface area contributed by atoms with Gasteiger partial charge in [0.15, 0.2) is 0 Å². The third kappa shape index (κ3) is 3.66. The minimum Gasteiger partial charge on any atom is -0.488 e. The minimum atomic E-state index is 0.0506. The standard InChI is InChI=1S/C26H35NO/c1-17(2)18(3)16-23(19-10-5-4-6-11-19)25(27)22-14-9-13-21-20-12-7-8-15-24(20)28-26(21)22/h5,7,9-10,12-14,17-19,22,26H,4,6,8,11,15-16,27H2,1-3H3/b25-23+. The van der Waals surface area contributed by atoms with Crippen LogP contribution in [0.5, 0.6) is 0 Å². The summed E-state index contributed by atoms with van der Waals surface area (Å²) in [5, 5.41) is 0. The lowest BCUT2D eigenvalue weighted by Crippen LogP contribution is -2.30. The second-order valence-corrected chi connectivity index (χ2v) is 9.22. The maximum Gasteiger partial charge on any atom is 0.136 e. The highest BCUT2D eigenvalue weighted by Crippen LogP contribution is 2.44. The van der Waals surface area contributed by atoms with Gasteiger partial charge in [0.25, 0.3) is 0 Å². The molecule has 0 aromatic rings. The van der Waals surface area contributed by atoms with Crippen LogP contribution in [-0.4, -0.2) is 6.10 Å². The normalized spacial score (nSPS) is 30.6. The summed E-state index contributed by atoms with van der Waals surface area (Å²) in [6.45, 7) is 7.01. The van der Waals surface area contributed by atoms with E-state index < -0.39 is 0 Å². The van der Waals surface area contributed by atoms with E-state index in [1.54, 1.807) is 0 Å². The fraction of sp³-hybridized carbons (Fsp3) is 0.538. The lowest BCUT2D eigenvalue weighted by atomic mass is 9.77. The lowest BCUT2D eigenvalue weighted by molar-refractivity contribution is 0.133. The molecular weight excluding hydrogens is 342 g/mol. The van der Waals surface area contributed by atoms with Crippen molar-refractivity contribution in [2.75, 3.05) is 0 Å². The number of nitrogens with two attached hydrogens (primary N) is 1. The van der Waals surface area contributed by atoms with Crippen molar-refractivity contribution in [3.63, 3.8) is 0 Å². The highest BCUT2D eigenvalue weighted by Gasteiger charge is 2.39. The molecule has 4 rings (SSSR count). The van der Waals surface area contributed by atoms with Crippen LogP contribution in [0.2, 0.25) is 0 Å². The first-order valence-electron chi connectivity index (χ1n) is 11.2. The molecule has 150 valence electrons. The van der Waals surface area contributed by atoms with Crippen molar-refractivity contribution in [3.05, 3.63) is 70.7 Å². The van der Waals surface area contributed by atoms with Gasteiger partial charge >= 0.3 is 0 Å². The van der Waals surface area contributed by atoms with Crippen LogP contribution in [-0.2, 0) is 4.74 Å². The number of rotatable bonds is 5. The van der Waals surface area contributed by atoms with Gasteiger partial charge in [-0.15, -0.1) is 0 Å². The van der Waals surface area contributed by atoms with E-state index in [4.69, 9.17) is 10.5 Å². The van der Waals surface area contributed by atoms with Crippen molar-refractivity contribution in [3.8, 4) is 0 Å². The fourth-order valence-corrected chi connectivity index (χ4v) is 4.87. The Morgan fingerprint density at radius 3 is 2.79 bits per heavy atom. The molecule has 0 bridgehead atoms. The van der Waals surface area contributed by atoms with Gasteiger partial charge in [-0.3, -0.25) is 0 Å². The van der Waals surface area contributed by atoms with Crippen LogP contribution >= 0.6 is 0 Å². The molecule has 0 radical (unpaired) electrons.